The lowest BCUT2D eigenvalue weighted by molar-refractivity contribution is -0.119. The van der Waals surface area contributed by atoms with Crippen LogP contribution in [0.4, 0.5) is 9.52 Å². The molecule has 10 heteroatoms. The predicted molar refractivity (Wildman–Crippen MR) is 101 cm³/mol. The van der Waals surface area contributed by atoms with E-state index in [-0.39, 0.29) is 16.2 Å². The second-order valence-electron chi connectivity index (χ2n) is 5.70. The van der Waals surface area contributed by atoms with E-state index in [1.165, 1.54) is 18.2 Å². The van der Waals surface area contributed by atoms with E-state index in [0.717, 1.165) is 11.3 Å². The van der Waals surface area contributed by atoms with Gasteiger partial charge in [-0.25, -0.2) is 19.3 Å². The molecule has 28 heavy (non-hydrogen) atoms. The van der Waals surface area contributed by atoms with E-state index in [9.17, 15) is 18.8 Å². The summed E-state index contributed by atoms with van der Waals surface area (Å²) >= 11 is 1.10. The fourth-order valence-corrected chi connectivity index (χ4v) is 3.48. The van der Waals surface area contributed by atoms with Crippen molar-refractivity contribution in [2.24, 2.45) is 0 Å². The van der Waals surface area contributed by atoms with Crippen LogP contribution in [-0.2, 0) is 9.53 Å². The molecule has 0 aliphatic rings. The highest BCUT2D eigenvalue weighted by Gasteiger charge is 2.17. The normalized spacial score (nSPS) is 10.9. The third-order valence-corrected chi connectivity index (χ3v) is 4.75. The standard InChI is InChI=1S/C18H11FN4O4S/c19-9-5-6-12-13(7-9)28-18(20-12)21-14(24)8-27-17(26)15-10-3-1-2-4-11(10)16(25)23-22-15/h1-7H,8H2,(H,23,25)(H,20,21,24). The number of anilines is 1. The molecule has 0 spiro atoms. The number of amides is 1. The summed E-state index contributed by atoms with van der Waals surface area (Å²) in [6.45, 7) is -0.571. The first-order valence-electron chi connectivity index (χ1n) is 8.02. The van der Waals surface area contributed by atoms with Gasteiger partial charge in [0.05, 0.1) is 15.6 Å². The number of nitrogens with one attached hydrogen (secondary N) is 2. The van der Waals surface area contributed by atoms with Crippen LogP contribution in [0.15, 0.2) is 47.3 Å². The average molecular weight is 398 g/mol. The first kappa shape index (κ1) is 17.7. The molecule has 2 aromatic heterocycles. The topological polar surface area (TPSA) is 114 Å². The van der Waals surface area contributed by atoms with E-state index >= 15 is 0 Å². The largest absolute Gasteiger partial charge is 0.451 e. The molecule has 8 nitrogen and oxygen atoms in total. The summed E-state index contributed by atoms with van der Waals surface area (Å²) in [5.74, 6) is -1.86. The number of ether oxygens (including phenoxy) is 1. The Morgan fingerprint density at radius 1 is 1.18 bits per heavy atom. The number of H-pyrrole nitrogens is 1. The number of esters is 1. The van der Waals surface area contributed by atoms with Crippen LogP contribution in [0, 0.1) is 5.82 Å². The molecule has 0 bridgehead atoms. The van der Waals surface area contributed by atoms with Crippen LogP contribution in [0.5, 0.6) is 0 Å². The molecule has 2 heterocycles. The predicted octanol–water partition coefficient (Wildman–Crippen LogP) is 2.47. The number of carbonyl (C=O) groups excluding carboxylic acids is 2. The van der Waals surface area contributed by atoms with Gasteiger partial charge in [0, 0.05) is 5.39 Å². The van der Waals surface area contributed by atoms with Gasteiger partial charge in [0.15, 0.2) is 17.4 Å². The molecule has 140 valence electrons. The van der Waals surface area contributed by atoms with E-state index in [1.807, 2.05) is 0 Å². The minimum absolute atomic E-state index is 0.0986. The number of rotatable bonds is 4. The third kappa shape index (κ3) is 3.45. The second kappa shape index (κ2) is 7.16. The highest BCUT2D eigenvalue weighted by Crippen LogP contribution is 2.26. The number of carbonyl (C=O) groups is 2. The van der Waals surface area contributed by atoms with Gasteiger partial charge in [0.2, 0.25) is 0 Å². The maximum atomic E-state index is 13.2. The van der Waals surface area contributed by atoms with Gasteiger partial charge in [-0.3, -0.25) is 14.9 Å². The molecule has 4 rings (SSSR count). The van der Waals surface area contributed by atoms with Crippen LogP contribution in [-0.4, -0.2) is 33.7 Å². The Balaban J connectivity index is 1.45. The van der Waals surface area contributed by atoms with Crippen LogP contribution in [0.2, 0.25) is 0 Å². The van der Waals surface area contributed by atoms with Gasteiger partial charge >= 0.3 is 5.97 Å². The first-order chi connectivity index (χ1) is 13.5. The number of aromatic amines is 1. The summed E-state index contributed by atoms with van der Waals surface area (Å²) in [4.78, 5) is 40.2. The molecule has 2 N–H and O–H groups in total. The van der Waals surface area contributed by atoms with Crippen molar-refractivity contribution in [2.45, 2.75) is 0 Å². The van der Waals surface area contributed by atoms with Crippen LogP contribution in [0.3, 0.4) is 0 Å². The SMILES string of the molecule is O=C(COC(=O)c1n[nH]c(=O)c2ccccc12)Nc1nc2ccc(F)cc2s1. The van der Waals surface area contributed by atoms with Gasteiger partial charge in [0.25, 0.3) is 11.5 Å². The average Bonchev–Trinajstić information content (AvgIpc) is 3.08. The van der Waals surface area contributed by atoms with Crippen LogP contribution >= 0.6 is 11.3 Å². The summed E-state index contributed by atoms with van der Waals surface area (Å²) in [7, 11) is 0. The van der Waals surface area contributed by atoms with Crippen molar-refractivity contribution < 1.29 is 18.7 Å². The van der Waals surface area contributed by atoms with E-state index < -0.39 is 29.9 Å². The van der Waals surface area contributed by atoms with E-state index in [4.69, 9.17) is 4.74 Å². The molecular weight excluding hydrogens is 387 g/mol. The van der Waals surface area contributed by atoms with E-state index in [2.05, 4.69) is 20.5 Å². The van der Waals surface area contributed by atoms with Gasteiger partial charge in [0.1, 0.15) is 5.82 Å². The number of benzene rings is 2. The smallest absolute Gasteiger partial charge is 0.359 e. The molecule has 1 amide bonds. The number of aromatic nitrogens is 3. The monoisotopic (exact) mass is 398 g/mol. The fraction of sp³-hybridized carbons (Fsp3) is 0.0556. The van der Waals surface area contributed by atoms with Crippen molar-refractivity contribution >= 4 is 49.3 Å². The van der Waals surface area contributed by atoms with Crippen molar-refractivity contribution in [1.82, 2.24) is 15.2 Å². The van der Waals surface area contributed by atoms with Gasteiger partial charge in [-0.1, -0.05) is 29.5 Å². The van der Waals surface area contributed by atoms with Crippen molar-refractivity contribution in [1.29, 1.82) is 0 Å². The van der Waals surface area contributed by atoms with Crippen molar-refractivity contribution in [2.75, 3.05) is 11.9 Å². The lowest BCUT2D eigenvalue weighted by Crippen LogP contribution is -2.22. The summed E-state index contributed by atoms with van der Waals surface area (Å²) < 4.78 is 18.8. The molecule has 0 atom stereocenters. The lowest BCUT2D eigenvalue weighted by Gasteiger charge is -2.06. The fourth-order valence-electron chi connectivity index (χ4n) is 2.58. The summed E-state index contributed by atoms with van der Waals surface area (Å²) in [5.41, 5.74) is 0.0123. The third-order valence-electron chi connectivity index (χ3n) is 3.82. The zero-order valence-corrected chi connectivity index (χ0v) is 14.9. The van der Waals surface area contributed by atoms with Crippen LogP contribution in [0.25, 0.3) is 21.0 Å². The number of nitrogens with zero attached hydrogens (tertiary/aromatic N) is 2. The molecule has 2 aromatic carbocycles. The Morgan fingerprint density at radius 3 is 2.79 bits per heavy atom. The molecule has 0 aliphatic carbocycles. The summed E-state index contributed by atoms with van der Waals surface area (Å²) in [6, 6.07) is 10.5. The number of hydrogen-bond acceptors (Lipinski definition) is 7. The minimum atomic E-state index is -0.853. The molecule has 0 saturated heterocycles. The molecule has 0 unspecified atom stereocenters. The maximum Gasteiger partial charge on any atom is 0.359 e. The number of thiazole rings is 1. The van der Waals surface area contributed by atoms with Crippen LogP contribution in [0.1, 0.15) is 10.5 Å². The lowest BCUT2D eigenvalue weighted by atomic mass is 10.1. The van der Waals surface area contributed by atoms with E-state index in [1.54, 1.807) is 24.3 Å². The first-order valence-corrected chi connectivity index (χ1v) is 8.83. The number of halogens is 1. The Hall–Kier alpha value is -3.66. The van der Waals surface area contributed by atoms with Gasteiger partial charge in [-0.15, -0.1) is 0 Å². The van der Waals surface area contributed by atoms with Crippen LogP contribution < -0.4 is 10.9 Å². The number of fused-ring (bicyclic) bond motifs is 2. The van der Waals surface area contributed by atoms with Gasteiger partial charge < -0.3 is 4.74 Å². The Kier molecular flexibility index (Phi) is 4.53. The van der Waals surface area contributed by atoms with Gasteiger partial charge in [-0.2, -0.15) is 5.10 Å². The van der Waals surface area contributed by atoms with Crippen molar-refractivity contribution in [3.05, 3.63) is 64.3 Å². The molecule has 0 radical (unpaired) electrons. The molecule has 0 fully saturated rings. The summed E-state index contributed by atoms with van der Waals surface area (Å²) in [6.07, 6.45) is 0. The maximum absolute atomic E-state index is 13.2. The molecular formula is C18H11FN4O4S. The second-order valence-corrected chi connectivity index (χ2v) is 6.73. The zero-order valence-electron chi connectivity index (χ0n) is 14.1. The Morgan fingerprint density at radius 2 is 1.96 bits per heavy atom. The summed E-state index contributed by atoms with van der Waals surface area (Å²) in [5, 5.41) is 9.31. The van der Waals surface area contributed by atoms with Gasteiger partial charge in [-0.05, 0) is 24.3 Å². The zero-order chi connectivity index (χ0) is 19.7. The van der Waals surface area contributed by atoms with E-state index in [0.29, 0.717) is 15.6 Å². The highest BCUT2D eigenvalue weighted by atomic mass is 32.1. The Labute approximate surface area is 160 Å². The molecule has 0 aliphatic heterocycles. The quantitative estimate of drug-likeness (QED) is 0.511. The Bertz CT molecular complexity index is 1280. The highest BCUT2D eigenvalue weighted by molar-refractivity contribution is 7.22. The minimum Gasteiger partial charge on any atom is -0.451 e. The van der Waals surface area contributed by atoms with Crippen molar-refractivity contribution in [3.8, 4) is 0 Å². The molecule has 0 saturated carbocycles. The number of hydrogen-bond donors (Lipinski definition) is 2. The van der Waals surface area contributed by atoms with Crippen molar-refractivity contribution in [3.63, 3.8) is 0 Å². The molecule has 4 aromatic rings.